The van der Waals surface area contributed by atoms with E-state index < -0.39 is 5.97 Å². The SMILES string of the molecule is [NH3+]C1CC2CCC1(CCC(=O)[O-])CC2. The lowest BCUT2D eigenvalue weighted by atomic mass is 9.56. The van der Waals surface area contributed by atoms with Gasteiger partial charge in [0.25, 0.3) is 0 Å². The Bertz CT molecular complexity index is 231. The summed E-state index contributed by atoms with van der Waals surface area (Å²) in [6.07, 6.45) is 7.19. The molecule has 0 aromatic rings. The molecule has 3 heteroatoms. The number of hydrogen-bond donors (Lipinski definition) is 1. The second-order valence-electron chi connectivity index (χ2n) is 5.11. The molecule has 0 spiro atoms. The molecule has 3 saturated carbocycles. The van der Waals surface area contributed by atoms with Crippen molar-refractivity contribution in [2.24, 2.45) is 11.3 Å². The average molecular weight is 197 g/mol. The average Bonchev–Trinajstić information content (AvgIpc) is 2.17. The van der Waals surface area contributed by atoms with Crippen molar-refractivity contribution in [3.05, 3.63) is 0 Å². The maximum atomic E-state index is 10.5. The molecule has 0 aromatic carbocycles. The van der Waals surface area contributed by atoms with Crippen LogP contribution >= 0.6 is 0 Å². The van der Waals surface area contributed by atoms with Gasteiger partial charge in [-0.05, 0) is 44.4 Å². The fourth-order valence-corrected chi connectivity index (χ4v) is 3.35. The van der Waals surface area contributed by atoms with Gasteiger partial charge in [-0.1, -0.05) is 0 Å². The number of carbonyl (C=O) groups is 1. The zero-order valence-electron chi connectivity index (χ0n) is 8.63. The highest BCUT2D eigenvalue weighted by Crippen LogP contribution is 2.51. The van der Waals surface area contributed by atoms with Crippen molar-refractivity contribution in [2.75, 3.05) is 0 Å². The molecule has 3 aliphatic carbocycles. The number of carboxylic acid groups (broad SMARTS) is 1. The van der Waals surface area contributed by atoms with Crippen LogP contribution in [0.25, 0.3) is 0 Å². The molecule has 3 fully saturated rings. The van der Waals surface area contributed by atoms with Crippen LogP contribution in [0.1, 0.15) is 44.9 Å². The first-order valence-corrected chi connectivity index (χ1v) is 5.65. The smallest absolute Gasteiger partial charge is 0.0903 e. The molecule has 1 atom stereocenters. The Morgan fingerprint density at radius 3 is 2.57 bits per heavy atom. The summed E-state index contributed by atoms with van der Waals surface area (Å²) < 4.78 is 0. The minimum absolute atomic E-state index is 0.219. The lowest BCUT2D eigenvalue weighted by molar-refractivity contribution is -0.464. The fourth-order valence-electron chi connectivity index (χ4n) is 3.35. The summed E-state index contributed by atoms with van der Waals surface area (Å²) in [5, 5.41) is 10.5. The molecule has 3 N–H and O–H groups in total. The van der Waals surface area contributed by atoms with Gasteiger partial charge in [-0.3, -0.25) is 0 Å². The fraction of sp³-hybridized carbons (Fsp3) is 0.909. The van der Waals surface area contributed by atoms with Crippen molar-refractivity contribution in [3.8, 4) is 0 Å². The van der Waals surface area contributed by atoms with E-state index in [4.69, 9.17) is 0 Å². The number of quaternary nitrogens is 1. The van der Waals surface area contributed by atoms with Gasteiger partial charge >= 0.3 is 0 Å². The maximum Gasteiger partial charge on any atom is 0.0903 e. The van der Waals surface area contributed by atoms with Crippen LogP contribution in [-0.2, 0) is 4.79 Å². The molecule has 3 nitrogen and oxygen atoms in total. The number of aliphatic carboxylic acids is 1. The van der Waals surface area contributed by atoms with Crippen LogP contribution in [0.4, 0.5) is 0 Å². The van der Waals surface area contributed by atoms with Crippen LogP contribution in [-0.4, -0.2) is 12.0 Å². The van der Waals surface area contributed by atoms with Gasteiger partial charge in [0, 0.05) is 17.8 Å². The van der Waals surface area contributed by atoms with E-state index in [1.165, 1.54) is 32.1 Å². The molecule has 2 bridgehead atoms. The summed E-state index contributed by atoms with van der Waals surface area (Å²) in [5.41, 5.74) is 4.46. The van der Waals surface area contributed by atoms with Gasteiger partial charge in [0.15, 0.2) is 0 Å². The van der Waals surface area contributed by atoms with E-state index in [1.807, 2.05) is 0 Å². The maximum absolute atomic E-state index is 10.5. The Morgan fingerprint density at radius 2 is 2.07 bits per heavy atom. The van der Waals surface area contributed by atoms with E-state index >= 15 is 0 Å². The van der Waals surface area contributed by atoms with Crippen molar-refractivity contribution in [2.45, 2.75) is 51.0 Å². The van der Waals surface area contributed by atoms with E-state index in [0.717, 1.165) is 12.3 Å². The third-order valence-corrected chi connectivity index (χ3v) is 4.41. The predicted molar refractivity (Wildman–Crippen MR) is 49.9 cm³/mol. The minimum Gasteiger partial charge on any atom is -0.550 e. The molecular weight excluding hydrogens is 178 g/mol. The van der Waals surface area contributed by atoms with E-state index in [9.17, 15) is 9.90 Å². The summed E-state index contributed by atoms with van der Waals surface area (Å²) >= 11 is 0. The molecule has 0 aromatic heterocycles. The van der Waals surface area contributed by atoms with Crippen LogP contribution in [0.3, 0.4) is 0 Å². The zero-order chi connectivity index (χ0) is 10.2. The Labute approximate surface area is 84.7 Å². The van der Waals surface area contributed by atoms with E-state index in [-0.39, 0.29) is 11.8 Å². The molecule has 80 valence electrons. The first-order valence-electron chi connectivity index (χ1n) is 5.65. The van der Waals surface area contributed by atoms with Crippen LogP contribution in [0.2, 0.25) is 0 Å². The monoisotopic (exact) mass is 197 g/mol. The van der Waals surface area contributed by atoms with Crippen molar-refractivity contribution in [1.82, 2.24) is 0 Å². The molecule has 1 unspecified atom stereocenters. The van der Waals surface area contributed by atoms with Crippen LogP contribution in [0.15, 0.2) is 0 Å². The third-order valence-electron chi connectivity index (χ3n) is 4.41. The second-order valence-corrected chi connectivity index (χ2v) is 5.11. The number of hydrogen-bond acceptors (Lipinski definition) is 2. The third kappa shape index (κ3) is 1.65. The normalized spacial score (nSPS) is 41.2. The van der Waals surface area contributed by atoms with E-state index in [0.29, 0.717) is 6.04 Å². The summed E-state index contributed by atoms with van der Waals surface area (Å²) in [6, 6.07) is 0.481. The molecule has 0 amide bonds. The topological polar surface area (TPSA) is 67.8 Å². The van der Waals surface area contributed by atoms with Gasteiger partial charge in [-0.25, -0.2) is 0 Å². The molecule has 14 heavy (non-hydrogen) atoms. The Hall–Kier alpha value is -0.570. The van der Waals surface area contributed by atoms with Gasteiger partial charge in [0.2, 0.25) is 0 Å². The Kier molecular flexibility index (Phi) is 2.52. The summed E-state index contributed by atoms with van der Waals surface area (Å²) in [5.74, 6) is -0.0263. The number of rotatable bonds is 3. The number of carbonyl (C=O) groups excluding carboxylic acids is 1. The van der Waals surface area contributed by atoms with Crippen molar-refractivity contribution in [1.29, 1.82) is 0 Å². The highest BCUT2D eigenvalue weighted by Gasteiger charge is 2.47. The molecule has 0 aliphatic heterocycles. The number of fused-ring (bicyclic) bond motifs is 3. The van der Waals surface area contributed by atoms with Crippen LogP contribution < -0.4 is 10.8 Å². The van der Waals surface area contributed by atoms with Crippen molar-refractivity contribution >= 4 is 5.97 Å². The van der Waals surface area contributed by atoms with E-state index in [1.54, 1.807) is 0 Å². The van der Waals surface area contributed by atoms with Gasteiger partial charge in [-0.15, -0.1) is 0 Å². The largest absolute Gasteiger partial charge is 0.550 e. The first-order chi connectivity index (χ1) is 6.62. The van der Waals surface area contributed by atoms with Crippen molar-refractivity contribution < 1.29 is 15.6 Å². The quantitative estimate of drug-likeness (QED) is 0.675. The summed E-state index contributed by atoms with van der Waals surface area (Å²) in [4.78, 5) is 10.5. The molecule has 0 heterocycles. The van der Waals surface area contributed by atoms with Gasteiger partial charge in [-0.2, -0.15) is 0 Å². The van der Waals surface area contributed by atoms with Gasteiger partial charge < -0.3 is 15.6 Å². The van der Waals surface area contributed by atoms with Crippen LogP contribution in [0, 0.1) is 11.3 Å². The van der Waals surface area contributed by atoms with Gasteiger partial charge in [0.1, 0.15) is 0 Å². The Morgan fingerprint density at radius 1 is 1.43 bits per heavy atom. The molecule has 3 aliphatic rings. The first kappa shape index (κ1) is 9.97. The molecule has 0 saturated heterocycles. The minimum atomic E-state index is -0.903. The van der Waals surface area contributed by atoms with Gasteiger partial charge in [0.05, 0.1) is 6.04 Å². The molecule has 3 rings (SSSR count). The zero-order valence-corrected chi connectivity index (χ0v) is 8.63. The number of carboxylic acids is 1. The lowest BCUT2D eigenvalue weighted by Crippen LogP contribution is -2.71. The van der Waals surface area contributed by atoms with Crippen molar-refractivity contribution in [3.63, 3.8) is 0 Å². The standard InChI is InChI=1S/C11H19NO2/c12-9-7-8-1-4-11(9,5-2-8)6-3-10(13)14/h8-9H,1-7,12H2,(H,13,14). The highest BCUT2D eigenvalue weighted by molar-refractivity contribution is 5.64. The molecule has 0 radical (unpaired) electrons. The molecular formula is C11H19NO2. The second kappa shape index (κ2) is 3.54. The Balaban J connectivity index is 2.00. The lowest BCUT2D eigenvalue weighted by Gasteiger charge is -2.49. The predicted octanol–water partition coefficient (Wildman–Crippen LogP) is -0.293. The summed E-state index contributed by atoms with van der Waals surface area (Å²) in [7, 11) is 0. The van der Waals surface area contributed by atoms with E-state index in [2.05, 4.69) is 5.73 Å². The highest BCUT2D eigenvalue weighted by atomic mass is 16.4. The van der Waals surface area contributed by atoms with Crippen LogP contribution in [0.5, 0.6) is 0 Å². The summed E-state index contributed by atoms with van der Waals surface area (Å²) in [6.45, 7) is 0.